The van der Waals surface area contributed by atoms with E-state index in [4.69, 9.17) is 15.2 Å². The molecular weight excluding hydrogens is 450 g/mol. The average molecular weight is 474 g/mol. The third-order valence-corrected chi connectivity index (χ3v) is 8.36. The Hall–Kier alpha value is -1.63. The molecule has 30 heavy (non-hydrogen) atoms. The second-order valence-corrected chi connectivity index (χ2v) is 11.1. The van der Waals surface area contributed by atoms with Crippen molar-refractivity contribution in [1.29, 1.82) is 0 Å². The molecule has 2 N–H and O–H groups in total. The molecule has 2 aliphatic rings. The van der Waals surface area contributed by atoms with Gasteiger partial charge in [-0.2, -0.15) is 0 Å². The predicted octanol–water partition coefficient (Wildman–Crippen LogP) is 1.34. The van der Waals surface area contributed by atoms with Crippen molar-refractivity contribution < 1.29 is 28.7 Å². The first-order valence-corrected chi connectivity index (χ1v) is 12.1. The summed E-state index contributed by atoms with van der Waals surface area (Å²) in [5.41, 5.74) is 3.98. The Labute approximate surface area is 186 Å². The van der Waals surface area contributed by atoms with Crippen LogP contribution in [0.25, 0.3) is 0 Å². The summed E-state index contributed by atoms with van der Waals surface area (Å²) in [6.07, 6.45) is 1.53. The number of aromatic nitrogens is 1. The fourth-order valence-electron chi connectivity index (χ4n) is 2.89. The van der Waals surface area contributed by atoms with Crippen molar-refractivity contribution in [3.8, 4) is 0 Å². The van der Waals surface area contributed by atoms with E-state index in [0.29, 0.717) is 10.8 Å². The molecule has 3 atom stereocenters. The molecule has 3 rings (SSSR count). The van der Waals surface area contributed by atoms with E-state index in [-0.39, 0.29) is 28.7 Å². The van der Waals surface area contributed by atoms with Crippen LogP contribution >= 0.6 is 34.9 Å². The van der Waals surface area contributed by atoms with Crippen LogP contribution in [0.2, 0.25) is 0 Å². The van der Waals surface area contributed by atoms with Gasteiger partial charge in [0.25, 0.3) is 0 Å². The fourth-order valence-corrected chi connectivity index (χ4v) is 6.19. The first-order chi connectivity index (χ1) is 14.0. The molecule has 0 aliphatic carbocycles. The standard InChI is InChI=1S/C18H23N3O6S3/c1-17(2,3)15(24)26-9-27-16(25)18(8-30-14(23)11-20-4-5-28-11)6-21-12(22)10(19)13(21)29-7-18/h4-5,10,13H,6-9,19H2,1-3H3/t10?,13-,18?/m1/s1. The summed E-state index contributed by atoms with van der Waals surface area (Å²) in [6, 6.07) is -0.582. The SMILES string of the molecule is CC(C)(C)C(=O)OCOC(=O)C1(CSC(=O)c2nccs2)CS[C@@H]2C(N)C(=O)N2C1. The van der Waals surface area contributed by atoms with Crippen molar-refractivity contribution in [2.75, 3.05) is 24.8 Å². The van der Waals surface area contributed by atoms with Gasteiger partial charge in [-0.25, -0.2) is 4.98 Å². The van der Waals surface area contributed by atoms with Crippen LogP contribution in [-0.2, 0) is 23.9 Å². The summed E-state index contributed by atoms with van der Waals surface area (Å²) in [5.74, 6) is -0.919. The van der Waals surface area contributed by atoms with Gasteiger partial charge in [0.15, 0.2) is 5.01 Å². The van der Waals surface area contributed by atoms with E-state index in [9.17, 15) is 19.2 Å². The van der Waals surface area contributed by atoms with E-state index in [1.54, 1.807) is 26.2 Å². The van der Waals surface area contributed by atoms with Crippen LogP contribution in [0.15, 0.2) is 11.6 Å². The quantitative estimate of drug-likeness (QED) is 0.367. The Morgan fingerprint density at radius 2 is 2.10 bits per heavy atom. The summed E-state index contributed by atoms with van der Waals surface area (Å²) < 4.78 is 10.3. The molecule has 1 aromatic heterocycles. The minimum Gasteiger partial charge on any atom is -0.427 e. The Balaban J connectivity index is 1.67. The van der Waals surface area contributed by atoms with E-state index in [1.165, 1.54) is 34.2 Å². The number of rotatable bonds is 6. The van der Waals surface area contributed by atoms with Crippen LogP contribution in [0.3, 0.4) is 0 Å². The van der Waals surface area contributed by atoms with Gasteiger partial charge in [-0.15, -0.1) is 23.1 Å². The summed E-state index contributed by atoms with van der Waals surface area (Å²) in [7, 11) is 0. The lowest BCUT2D eigenvalue weighted by atomic mass is 9.89. The van der Waals surface area contributed by atoms with Gasteiger partial charge >= 0.3 is 11.9 Å². The lowest BCUT2D eigenvalue weighted by Crippen LogP contribution is -2.72. The first kappa shape index (κ1) is 23.0. The number of fused-ring (bicyclic) bond motifs is 1. The van der Waals surface area contributed by atoms with Gasteiger partial charge in [0, 0.05) is 29.6 Å². The molecule has 2 unspecified atom stereocenters. The van der Waals surface area contributed by atoms with Crippen molar-refractivity contribution in [1.82, 2.24) is 9.88 Å². The number of ether oxygens (including phenoxy) is 2. The normalized spacial score (nSPS) is 25.9. The number of esters is 2. The third-order valence-electron chi connectivity index (χ3n) is 4.70. The van der Waals surface area contributed by atoms with Gasteiger partial charge in [-0.3, -0.25) is 19.2 Å². The van der Waals surface area contributed by atoms with Crippen molar-refractivity contribution in [2.24, 2.45) is 16.6 Å². The third kappa shape index (κ3) is 4.66. The number of nitrogens with zero attached hydrogens (tertiary/aromatic N) is 2. The summed E-state index contributed by atoms with van der Waals surface area (Å²) in [4.78, 5) is 54.9. The summed E-state index contributed by atoms with van der Waals surface area (Å²) in [5, 5.41) is 1.60. The second-order valence-electron chi connectivity index (χ2n) is 8.12. The highest BCUT2D eigenvalue weighted by atomic mass is 32.2. The Bertz CT molecular complexity index is 841. The Morgan fingerprint density at radius 3 is 2.73 bits per heavy atom. The number of thioether (sulfide) groups is 2. The zero-order valence-corrected chi connectivity index (χ0v) is 19.2. The predicted molar refractivity (Wildman–Crippen MR) is 114 cm³/mol. The number of carbonyl (C=O) groups excluding carboxylic acids is 4. The maximum Gasteiger partial charge on any atom is 0.318 e. The minimum atomic E-state index is -1.12. The molecule has 164 valence electrons. The molecule has 12 heteroatoms. The molecule has 1 aromatic rings. The fraction of sp³-hybridized carbons (Fsp3) is 0.611. The van der Waals surface area contributed by atoms with E-state index in [2.05, 4.69) is 4.98 Å². The van der Waals surface area contributed by atoms with Crippen molar-refractivity contribution in [2.45, 2.75) is 32.2 Å². The smallest absolute Gasteiger partial charge is 0.318 e. The zero-order valence-electron chi connectivity index (χ0n) is 16.8. The van der Waals surface area contributed by atoms with E-state index in [0.717, 1.165) is 11.8 Å². The highest BCUT2D eigenvalue weighted by molar-refractivity contribution is 8.14. The van der Waals surface area contributed by atoms with Gasteiger partial charge < -0.3 is 20.1 Å². The monoisotopic (exact) mass is 473 g/mol. The van der Waals surface area contributed by atoms with Crippen molar-refractivity contribution >= 4 is 57.8 Å². The maximum atomic E-state index is 13.0. The second kappa shape index (κ2) is 8.85. The Kier molecular flexibility index (Phi) is 6.80. The Morgan fingerprint density at radius 1 is 1.37 bits per heavy atom. The molecule has 0 radical (unpaired) electrons. The molecule has 0 aromatic carbocycles. The molecule has 0 bridgehead atoms. The molecule has 2 aliphatic heterocycles. The van der Waals surface area contributed by atoms with Crippen LogP contribution in [-0.4, -0.2) is 69.1 Å². The average Bonchev–Trinajstić information content (AvgIpc) is 3.25. The lowest BCUT2D eigenvalue weighted by molar-refractivity contribution is -0.179. The van der Waals surface area contributed by atoms with Gasteiger partial charge in [0.1, 0.15) is 16.8 Å². The number of amides is 1. The van der Waals surface area contributed by atoms with Crippen LogP contribution in [0.1, 0.15) is 30.6 Å². The van der Waals surface area contributed by atoms with Crippen LogP contribution < -0.4 is 5.73 Å². The van der Waals surface area contributed by atoms with E-state index in [1.807, 2.05) is 0 Å². The van der Waals surface area contributed by atoms with E-state index >= 15 is 0 Å². The topological polar surface area (TPSA) is 129 Å². The van der Waals surface area contributed by atoms with Crippen LogP contribution in [0.4, 0.5) is 0 Å². The molecule has 1 amide bonds. The van der Waals surface area contributed by atoms with Crippen molar-refractivity contribution in [3.05, 3.63) is 16.6 Å². The molecule has 3 heterocycles. The first-order valence-electron chi connectivity index (χ1n) is 9.14. The van der Waals surface area contributed by atoms with Crippen LogP contribution in [0.5, 0.6) is 0 Å². The van der Waals surface area contributed by atoms with Crippen molar-refractivity contribution in [3.63, 3.8) is 0 Å². The molecular formula is C18H23N3O6S3. The number of carbonyl (C=O) groups is 4. The minimum absolute atomic E-state index is 0.0986. The number of hydrogen-bond donors (Lipinski definition) is 1. The molecule has 0 saturated carbocycles. The van der Waals surface area contributed by atoms with Gasteiger partial charge in [-0.05, 0) is 20.8 Å². The highest BCUT2D eigenvalue weighted by Gasteiger charge is 2.56. The summed E-state index contributed by atoms with van der Waals surface area (Å²) in [6.45, 7) is 4.65. The number of nitrogens with two attached hydrogens (primary N) is 1. The number of hydrogen-bond acceptors (Lipinski definition) is 11. The number of β-lactam (4-membered cyclic amide) rings is 1. The maximum absolute atomic E-state index is 13.0. The zero-order chi connectivity index (χ0) is 22.1. The molecule has 2 fully saturated rings. The molecule has 0 spiro atoms. The highest BCUT2D eigenvalue weighted by Crippen LogP contribution is 2.44. The molecule has 2 saturated heterocycles. The lowest BCUT2D eigenvalue weighted by Gasteiger charge is -2.53. The largest absolute Gasteiger partial charge is 0.427 e. The van der Waals surface area contributed by atoms with Crippen LogP contribution in [0, 0.1) is 10.8 Å². The number of thiazole rings is 1. The van der Waals surface area contributed by atoms with Gasteiger partial charge in [0.05, 0.1) is 5.41 Å². The van der Waals surface area contributed by atoms with Gasteiger partial charge in [-0.1, -0.05) is 11.8 Å². The summed E-state index contributed by atoms with van der Waals surface area (Å²) >= 11 is 3.56. The molecule has 9 nitrogen and oxygen atoms in total. The van der Waals surface area contributed by atoms with E-state index < -0.39 is 35.6 Å². The van der Waals surface area contributed by atoms with Gasteiger partial charge in [0.2, 0.25) is 17.8 Å².